The summed E-state index contributed by atoms with van der Waals surface area (Å²) in [6, 6.07) is 66.7. The standard InChI is InChI=1S/C50H31NO2/c1-2-10-32(11-3-1)36-25-29-48-45(30-36)43-17-9-18-46(50(43)53-48)51(38-28-24-35-21-20-33-12-4-5-13-39(33)44(35)31-38)37-26-22-34(23-27-37)40-15-8-16-42-41-14-6-7-19-47(41)52-49(40)42/h1-31H. The molecule has 3 heteroatoms. The highest BCUT2D eigenvalue weighted by atomic mass is 16.3. The van der Waals surface area contributed by atoms with Crippen LogP contribution in [0, 0.1) is 0 Å². The van der Waals surface area contributed by atoms with Gasteiger partial charge in [-0.1, -0.05) is 140 Å². The maximum absolute atomic E-state index is 6.77. The van der Waals surface area contributed by atoms with Crippen LogP contribution in [0.3, 0.4) is 0 Å². The molecule has 0 unspecified atom stereocenters. The third-order valence-corrected chi connectivity index (χ3v) is 10.7. The van der Waals surface area contributed by atoms with Crippen molar-refractivity contribution in [3.05, 3.63) is 188 Å². The predicted octanol–water partition coefficient (Wildman–Crippen LogP) is 14.6. The van der Waals surface area contributed by atoms with Crippen LogP contribution in [0.25, 0.3) is 87.7 Å². The fraction of sp³-hybridized carbons (Fsp3) is 0. The van der Waals surface area contributed by atoms with Gasteiger partial charge in [-0.05, 0) is 86.8 Å². The maximum Gasteiger partial charge on any atom is 0.159 e. The minimum atomic E-state index is 0.849. The summed E-state index contributed by atoms with van der Waals surface area (Å²) in [5, 5.41) is 9.31. The van der Waals surface area contributed by atoms with Crippen molar-refractivity contribution in [2.45, 2.75) is 0 Å². The largest absolute Gasteiger partial charge is 0.455 e. The summed E-state index contributed by atoms with van der Waals surface area (Å²) in [6.45, 7) is 0. The van der Waals surface area contributed by atoms with Gasteiger partial charge in [0.1, 0.15) is 16.7 Å². The van der Waals surface area contributed by atoms with Crippen molar-refractivity contribution in [1.29, 1.82) is 0 Å². The van der Waals surface area contributed by atoms with Crippen molar-refractivity contribution in [2.75, 3.05) is 4.90 Å². The number of nitrogens with zero attached hydrogens (tertiary/aromatic N) is 1. The molecule has 53 heavy (non-hydrogen) atoms. The van der Waals surface area contributed by atoms with E-state index in [0.29, 0.717) is 0 Å². The molecule has 2 aromatic heterocycles. The van der Waals surface area contributed by atoms with Crippen LogP contribution in [0.1, 0.15) is 0 Å². The van der Waals surface area contributed by atoms with E-state index >= 15 is 0 Å². The van der Waals surface area contributed by atoms with Crippen LogP contribution in [0.5, 0.6) is 0 Å². The van der Waals surface area contributed by atoms with Crippen LogP contribution in [0.15, 0.2) is 197 Å². The first kappa shape index (κ1) is 29.6. The smallest absolute Gasteiger partial charge is 0.159 e. The fourth-order valence-electron chi connectivity index (χ4n) is 8.09. The molecule has 0 N–H and O–H groups in total. The van der Waals surface area contributed by atoms with Crippen molar-refractivity contribution in [1.82, 2.24) is 0 Å². The molecule has 0 bridgehead atoms. The first-order chi connectivity index (χ1) is 26.3. The monoisotopic (exact) mass is 677 g/mol. The second kappa shape index (κ2) is 11.7. The van der Waals surface area contributed by atoms with E-state index < -0.39 is 0 Å². The lowest BCUT2D eigenvalue weighted by Crippen LogP contribution is -2.10. The number of furan rings is 2. The Morgan fingerprint density at radius 1 is 0.321 bits per heavy atom. The number of anilines is 3. The Hall–Kier alpha value is -7.10. The normalized spacial score (nSPS) is 11.8. The Bertz CT molecular complexity index is 3170. The number of hydrogen-bond donors (Lipinski definition) is 0. The van der Waals surface area contributed by atoms with Gasteiger partial charge in [0.05, 0.1) is 5.69 Å². The summed E-state index contributed by atoms with van der Waals surface area (Å²) >= 11 is 0. The molecule has 0 radical (unpaired) electrons. The van der Waals surface area contributed by atoms with E-state index in [1.807, 2.05) is 12.1 Å². The summed E-state index contributed by atoms with van der Waals surface area (Å²) in [4.78, 5) is 2.33. The third-order valence-electron chi connectivity index (χ3n) is 10.7. The van der Waals surface area contributed by atoms with E-state index in [1.165, 1.54) is 32.7 Å². The van der Waals surface area contributed by atoms with Gasteiger partial charge in [0.25, 0.3) is 0 Å². The van der Waals surface area contributed by atoms with Gasteiger partial charge in [-0.25, -0.2) is 0 Å². The van der Waals surface area contributed by atoms with E-state index in [2.05, 4.69) is 181 Å². The lowest BCUT2D eigenvalue weighted by molar-refractivity contribution is 0.669. The van der Waals surface area contributed by atoms with Gasteiger partial charge < -0.3 is 13.7 Å². The minimum Gasteiger partial charge on any atom is -0.455 e. The average Bonchev–Trinajstić information content (AvgIpc) is 3.80. The van der Waals surface area contributed by atoms with Gasteiger partial charge in [-0.3, -0.25) is 0 Å². The van der Waals surface area contributed by atoms with E-state index in [0.717, 1.165) is 72.1 Å². The number of fused-ring (bicyclic) bond motifs is 9. The van der Waals surface area contributed by atoms with Gasteiger partial charge in [0, 0.05) is 38.5 Å². The van der Waals surface area contributed by atoms with E-state index in [4.69, 9.17) is 8.83 Å². The van der Waals surface area contributed by atoms with Crippen molar-refractivity contribution >= 4 is 82.5 Å². The second-order valence-corrected chi connectivity index (χ2v) is 13.7. The Kier molecular flexibility index (Phi) is 6.55. The van der Waals surface area contributed by atoms with Crippen LogP contribution >= 0.6 is 0 Å². The topological polar surface area (TPSA) is 29.5 Å². The SMILES string of the molecule is c1ccc(-c2ccc3oc4c(N(c5ccc(-c6cccc7c6oc6ccccc67)cc5)c5ccc6ccc7ccccc7c6c5)cccc4c3c2)cc1. The zero-order valence-electron chi connectivity index (χ0n) is 28.7. The molecule has 0 amide bonds. The van der Waals surface area contributed by atoms with E-state index in [9.17, 15) is 0 Å². The zero-order chi connectivity index (χ0) is 34.9. The summed E-state index contributed by atoms with van der Waals surface area (Å²) in [5.74, 6) is 0. The molecular weight excluding hydrogens is 647 g/mol. The zero-order valence-corrected chi connectivity index (χ0v) is 28.7. The van der Waals surface area contributed by atoms with Crippen molar-refractivity contribution in [3.8, 4) is 22.3 Å². The predicted molar refractivity (Wildman–Crippen MR) is 222 cm³/mol. The Labute approximate surface area is 305 Å². The molecule has 0 aliphatic heterocycles. The van der Waals surface area contributed by atoms with Crippen LogP contribution in [-0.4, -0.2) is 0 Å². The summed E-state index contributed by atoms with van der Waals surface area (Å²) in [6.07, 6.45) is 0. The summed E-state index contributed by atoms with van der Waals surface area (Å²) in [5.41, 5.74) is 11.1. The Morgan fingerprint density at radius 3 is 1.81 bits per heavy atom. The highest BCUT2D eigenvalue weighted by molar-refractivity contribution is 6.13. The van der Waals surface area contributed by atoms with Crippen LogP contribution in [0.2, 0.25) is 0 Å². The molecule has 2 heterocycles. The number of benzene rings is 9. The first-order valence-electron chi connectivity index (χ1n) is 18.0. The highest BCUT2D eigenvalue weighted by Gasteiger charge is 2.21. The molecular formula is C50H31NO2. The fourth-order valence-corrected chi connectivity index (χ4v) is 8.09. The van der Waals surface area contributed by atoms with Crippen LogP contribution in [-0.2, 0) is 0 Å². The number of hydrogen-bond acceptors (Lipinski definition) is 3. The molecule has 0 fully saturated rings. The molecule has 9 aromatic carbocycles. The molecule has 0 saturated carbocycles. The molecule has 0 spiro atoms. The third kappa shape index (κ3) is 4.75. The molecule has 0 saturated heterocycles. The Balaban J connectivity index is 1.11. The molecule has 11 rings (SSSR count). The average molecular weight is 678 g/mol. The van der Waals surface area contributed by atoms with Gasteiger partial charge in [-0.2, -0.15) is 0 Å². The minimum absolute atomic E-state index is 0.849. The second-order valence-electron chi connectivity index (χ2n) is 13.7. The van der Waals surface area contributed by atoms with E-state index in [-0.39, 0.29) is 0 Å². The van der Waals surface area contributed by atoms with Crippen molar-refractivity contribution in [3.63, 3.8) is 0 Å². The molecule has 248 valence electrons. The molecule has 11 aromatic rings. The highest BCUT2D eigenvalue weighted by Crippen LogP contribution is 2.45. The summed E-state index contributed by atoms with van der Waals surface area (Å²) < 4.78 is 13.2. The number of rotatable bonds is 5. The van der Waals surface area contributed by atoms with Crippen molar-refractivity contribution < 1.29 is 8.83 Å². The molecule has 0 aliphatic rings. The Morgan fingerprint density at radius 2 is 0.943 bits per heavy atom. The first-order valence-corrected chi connectivity index (χ1v) is 18.0. The van der Waals surface area contributed by atoms with Crippen molar-refractivity contribution in [2.24, 2.45) is 0 Å². The maximum atomic E-state index is 6.77. The van der Waals surface area contributed by atoms with Gasteiger partial charge in [-0.15, -0.1) is 0 Å². The summed E-state index contributed by atoms with van der Waals surface area (Å²) in [7, 11) is 0. The van der Waals surface area contributed by atoms with Gasteiger partial charge in [0.15, 0.2) is 5.58 Å². The van der Waals surface area contributed by atoms with Crippen LogP contribution in [0.4, 0.5) is 17.1 Å². The quantitative estimate of drug-likeness (QED) is 0.170. The number of para-hydroxylation sites is 3. The van der Waals surface area contributed by atoms with Gasteiger partial charge in [0.2, 0.25) is 0 Å². The lowest BCUT2D eigenvalue weighted by Gasteiger charge is -2.26. The molecule has 0 aliphatic carbocycles. The molecule has 3 nitrogen and oxygen atoms in total. The molecule has 0 atom stereocenters. The van der Waals surface area contributed by atoms with Gasteiger partial charge >= 0.3 is 0 Å². The van der Waals surface area contributed by atoms with Crippen LogP contribution < -0.4 is 4.90 Å². The van der Waals surface area contributed by atoms with E-state index in [1.54, 1.807) is 0 Å². The lowest BCUT2D eigenvalue weighted by atomic mass is 10.00.